The lowest BCUT2D eigenvalue weighted by molar-refractivity contribution is 0.0148. The summed E-state index contributed by atoms with van der Waals surface area (Å²) in [5.41, 5.74) is 1.66. The zero-order valence-electron chi connectivity index (χ0n) is 17.4. The molecule has 0 radical (unpaired) electrons. The first-order chi connectivity index (χ1) is 11.3. The first kappa shape index (κ1) is 22.2. The molecule has 0 saturated heterocycles. The van der Waals surface area contributed by atoms with Crippen LogP contribution in [0.5, 0.6) is 0 Å². The van der Waals surface area contributed by atoms with Gasteiger partial charge in [0.25, 0.3) is 0 Å². The molecule has 0 fully saturated rings. The maximum absolute atomic E-state index is 13.0. The van der Waals surface area contributed by atoms with Gasteiger partial charge in [-0.15, -0.1) is 4.52 Å². The predicted molar refractivity (Wildman–Crippen MR) is 104 cm³/mol. The predicted octanol–water partition coefficient (Wildman–Crippen LogP) is 5.15. The minimum absolute atomic E-state index is 0.0626. The second-order valence-electron chi connectivity index (χ2n) is 8.27. The van der Waals surface area contributed by atoms with Crippen LogP contribution in [0.15, 0.2) is 12.1 Å². The molecule has 25 heavy (non-hydrogen) atoms. The van der Waals surface area contributed by atoms with Crippen molar-refractivity contribution in [1.82, 2.24) is 0 Å². The molecule has 1 rings (SSSR count). The highest BCUT2D eigenvalue weighted by Crippen LogP contribution is 2.39. The van der Waals surface area contributed by atoms with Crippen LogP contribution in [0.2, 0.25) is 0 Å². The number of rotatable bonds is 7. The van der Waals surface area contributed by atoms with Crippen molar-refractivity contribution < 1.29 is 18.6 Å². The van der Waals surface area contributed by atoms with Gasteiger partial charge in [0.2, 0.25) is 5.30 Å². The quantitative estimate of drug-likeness (QED) is 0.624. The van der Waals surface area contributed by atoms with Crippen LogP contribution in [-0.4, -0.2) is 20.8 Å². The third-order valence-corrected chi connectivity index (χ3v) is 6.06. The van der Waals surface area contributed by atoms with Crippen LogP contribution in [0.25, 0.3) is 0 Å². The summed E-state index contributed by atoms with van der Waals surface area (Å²) in [7, 11) is 1.32. The van der Waals surface area contributed by atoms with Gasteiger partial charge >= 0.3 is 8.03 Å². The zero-order chi connectivity index (χ0) is 19.6. The summed E-state index contributed by atoms with van der Waals surface area (Å²) in [5, 5.41) is 0.684. The molecular formula is C20H34O4P+. The Morgan fingerprint density at radius 2 is 1.28 bits per heavy atom. The lowest BCUT2D eigenvalue weighted by Crippen LogP contribution is -2.35. The second kappa shape index (κ2) is 7.84. The molecule has 0 aromatic heterocycles. The van der Waals surface area contributed by atoms with Crippen molar-refractivity contribution in [3.8, 4) is 0 Å². The Hall–Kier alpha value is -0.800. The summed E-state index contributed by atoms with van der Waals surface area (Å²) < 4.78 is 30.0. The average molecular weight is 369 g/mol. The molecule has 0 aliphatic rings. The summed E-state index contributed by atoms with van der Waals surface area (Å²) in [6.45, 7) is 16.7. The fourth-order valence-electron chi connectivity index (χ4n) is 2.58. The minimum atomic E-state index is -2.02. The lowest BCUT2D eigenvalue weighted by Gasteiger charge is -2.31. The zero-order valence-corrected chi connectivity index (χ0v) is 18.3. The van der Waals surface area contributed by atoms with Gasteiger partial charge in [0.1, 0.15) is 6.61 Å². The SMILES string of the molecule is CCO[P+](=O)c1c(C(C)(C)OC)cc(C(C)(C)C)cc1C(C)(C)OC. The van der Waals surface area contributed by atoms with Gasteiger partial charge in [-0.2, -0.15) is 0 Å². The highest BCUT2D eigenvalue weighted by Gasteiger charge is 2.42. The molecule has 0 spiro atoms. The average Bonchev–Trinajstić information content (AvgIpc) is 2.52. The molecule has 0 N–H and O–H groups in total. The molecule has 1 aromatic carbocycles. The maximum atomic E-state index is 13.0. The Balaban J connectivity index is 3.95. The normalized spacial score (nSPS) is 13.9. The van der Waals surface area contributed by atoms with Crippen LogP contribution in [0.1, 0.15) is 72.1 Å². The van der Waals surface area contributed by atoms with Crippen molar-refractivity contribution in [3.05, 3.63) is 28.8 Å². The van der Waals surface area contributed by atoms with Crippen molar-refractivity contribution in [2.45, 2.75) is 72.0 Å². The van der Waals surface area contributed by atoms with E-state index in [1.54, 1.807) is 14.2 Å². The summed E-state index contributed by atoms with van der Waals surface area (Å²) in [6, 6.07) is 4.20. The molecule has 5 heteroatoms. The molecule has 1 aromatic rings. The molecule has 0 aliphatic heterocycles. The van der Waals surface area contributed by atoms with Gasteiger partial charge in [0, 0.05) is 25.3 Å². The van der Waals surface area contributed by atoms with E-state index >= 15 is 0 Å². The topological polar surface area (TPSA) is 44.8 Å². The Kier molecular flexibility index (Phi) is 6.97. The number of hydrogen-bond acceptors (Lipinski definition) is 4. The number of ether oxygens (including phenoxy) is 2. The van der Waals surface area contributed by atoms with Gasteiger partial charge in [0.15, 0.2) is 0 Å². The van der Waals surface area contributed by atoms with Gasteiger partial charge < -0.3 is 9.47 Å². The summed E-state index contributed by atoms with van der Waals surface area (Å²) in [4.78, 5) is 0. The van der Waals surface area contributed by atoms with E-state index in [0.717, 1.165) is 16.7 Å². The van der Waals surface area contributed by atoms with Crippen molar-refractivity contribution in [3.63, 3.8) is 0 Å². The van der Waals surface area contributed by atoms with Crippen LogP contribution >= 0.6 is 8.03 Å². The smallest absolute Gasteiger partial charge is 0.374 e. The van der Waals surface area contributed by atoms with Gasteiger partial charge in [-0.05, 0) is 62.3 Å². The molecule has 1 atom stereocenters. The molecular weight excluding hydrogens is 335 g/mol. The minimum Gasteiger partial charge on any atom is -0.374 e. The summed E-state index contributed by atoms with van der Waals surface area (Å²) in [5.74, 6) is 0. The molecule has 0 amide bonds. The van der Waals surface area contributed by atoms with Gasteiger partial charge in [0.05, 0.1) is 11.2 Å². The molecule has 0 bridgehead atoms. The van der Waals surface area contributed by atoms with E-state index in [1.165, 1.54) is 0 Å². The Labute approximate surface area is 154 Å². The molecule has 0 heterocycles. The fourth-order valence-corrected chi connectivity index (χ4v) is 4.01. The Morgan fingerprint density at radius 1 is 0.880 bits per heavy atom. The van der Waals surface area contributed by atoms with Crippen molar-refractivity contribution in [1.29, 1.82) is 0 Å². The number of methoxy groups -OCH3 is 2. The molecule has 0 saturated carbocycles. The van der Waals surface area contributed by atoms with E-state index in [0.29, 0.717) is 11.9 Å². The van der Waals surface area contributed by atoms with Gasteiger partial charge in [-0.1, -0.05) is 20.8 Å². The third-order valence-electron chi connectivity index (χ3n) is 4.72. The summed E-state index contributed by atoms with van der Waals surface area (Å²) >= 11 is 0. The first-order valence-corrected chi connectivity index (χ1v) is 9.89. The summed E-state index contributed by atoms with van der Waals surface area (Å²) in [6.07, 6.45) is 0. The largest absolute Gasteiger partial charge is 0.549 e. The monoisotopic (exact) mass is 369 g/mol. The van der Waals surface area contributed by atoms with E-state index in [-0.39, 0.29) is 5.41 Å². The second-order valence-corrected chi connectivity index (χ2v) is 9.49. The van der Waals surface area contributed by atoms with E-state index in [9.17, 15) is 4.57 Å². The number of hydrogen-bond donors (Lipinski definition) is 0. The Bertz CT molecular complexity index is 590. The Morgan fingerprint density at radius 3 is 1.56 bits per heavy atom. The van der Waals surface area contributed by atoms with Crippen molar-refractivity contribution >= 4 is 13.3 Å². The van der Waals surface area contributed by atoms with E-state index in [2.05, 4.69) is 32.9 Å². The van der Waals surface area contributed by atoms with Crippen molar-refractivity contribution in [2.24, 2.45) is 0 Å². The van der Waals surface area contributed by atoms with Crippen LogP contribution in [0.3, 0.4) is 0 Å². The van der Waals surface area contributed by atoms with E-state index in [4.69, 9.17) is 14.0 Å². The van der Waals surface area contributed by atoms with Crippen molar-refractivity contribution in [2.75, 3.05) is 20.8 Å². The fraction of sp³-hybridized carbons (Fsp3) is 0.700. The standard InChI is InChI=1S/C20H34O4P/c1-11-24-25(21)17-15(19(5,6)22-9)12-14(18(2,3)4)13-16(17)20(7,8)23-10/h12-13H,11H2,1-10H3/q+1. The van der Waals surface area contributed by atoms with Crippen LogP contribution < -0.4 is 5.30 Å². The van der Waals surface area contributed by atoms with Crippen LogP contribution in [0.4, 0.5) is 0 Å². The van der Waals surface area contributed by atoms with Crippen LogP contribution in [0, 0.1) is 0 Å². The molecule has 1 unspecified atom stereocenters. The third kappa shape index (κ3) is 4.89. The van der Waals surface area contributed by atoms with Gasteiger partial charge in [-0.3, -0.25) is 0 Å². The number of benzene rings is 1. The maximum Gasteiger partial charge on any atom is 0.549 e. The van der Waals surface area contributed by atoms with Gasteiger partial charge in [-0.25, -0.2) is 0 Å². The highest BCUT2D eigenvalue weighted by atomic mass is 31.1. The van der Waals surface area contributed by atoms with E-state index in [1.807, 2.05) is 34.6 Å². The molecule has 4 nitrogen and oxygen atoms in total. The highest BCUT2D eigenvalue weighted by molar-refractivity contribution is 7.48. The molecule has 142 valence electrons. The molecule has 0 aliphatic carbocycles. The van der Waals surface area contributed by atoms with E-state index < -0.39 is 19.2 Å². The first-order valence-electron chi connectivity index (χ1n) is 8.71. The van der Waals surface area contributed by atoms with Crippen LogP contribution in [-0.2, 0) is 35.2 Å². The lowest BCUT2D eigenvalue weighted by atomic mass is 9.80.